The highest BCUT2D eigenvalue weighted by Gasteiger charge is 2.23. The molecule has 0 fully saturated rings. The minimum absolute atomic E-state index is 0.196. The van der Waals surface area contributed by atoms with Gasteiger partial charge in [-0.05, 0) is 25.1 Å². The molecule has 0 saturated carbocycles. The third-order valence-electron chi connectivity index (χ3n) is 2.66. The molecule has 0 unspecified atom stereocenters. The van der Waals surface area contributed by atoms with Crippen molar-refractivity contribution >= 4 is 23.2 Å². The summed E-state index contributed by atoms with van der Waals surface area (Å²) in [4.78, 5) is 27.6. The molecule has 0 amide bonds. The van der Waals surface area contributed by atoms with Crippen LogP contribution >= 0.6 is 0 Å². The molecule has 0 aromatic heterocycles. The molecule has 0 spiro atoms. The third kappa shape index (κ3) is 1.78. The number of benzene rings is 1. The largest absolute Gasteiger partial charge is 0.465 e. The van der Waals surface area contributed by atoms with Crippen LogP contribution in [0.3, 0.4) is 0 Å². The van der Waals surface area contributed by atoms with Gasteiger partial charge in [0.2, 0.25) is 0 Å². The molecule has 1 heterocycles. The van der Waals surface area contributed by atoms with Gasteiger partial charge in [-0.3, -0.25) is 9.79 Å². The third-order valence-corrected chi connectivity index (χ3v) is 2.66. The molecule has 0 atom stereocenters. The van der Waals surface area contributed by atoms with E-state index in [9.17, 15) is 9.59 Å². The van der Waals surface area contributed by atoms with Crippen molar-refractivity contribution < 1.29 is 14.3 Å². The van der Waals surface area contributed by atoms with Crippen LogP contribution < -0.4 is 0 Å². The second kappa shape index (κ2) is 3.97. The van der Waals surface area contributed by atoms with E-state index in [0.29, 0.717) is 28.1 Å². The maximum absolute atomic E-state index is 12.0. The number of hydrogen-bond acceptors (Lipinski definition) is 4. The van der Waals surface area contributed by atoms with E-state index in [1.807, 2.05) is 0 Å². The minimum Gasteiger partial charge on any atom is -0.465 e. The molecule has 0 radical (unpaired) electrons. The van der Waals surface area contributed by atoms with Crippen LogP contribution in [0.1, 0.15) is 27.6 Å². The van der Waals surface area contributed by atoms with E-state index >= 15 is 0 Å². The molecule has 0 bridgehead atoms. The fourth-order valence-electron chi connectivity index (χ4n) is 1.64. The van der Waals surface area contributed by atoms with Gasteiger partial charge in [-0.1, -0.05) is 6.58 Å². The first kappa shape index (κ1) is 11.3. The Balaban J connectivity index is 2.58. The zero-order valence-electron chi connectivity index (χ0n) is 9.61. The lowest BCUT2D eigenvalue weighted by Crippen LogP contribution is -2.15. The number of ether oxygens (including phenoxy) is 1. The predicted octanol–water partition coefficient (Wildman–Crippen LogP) is 2.32. The average Bonchev–Trinajstić information content (AvgIpc) is 2.35. The van der Waals surface area contributed by atoms with Crippen molar-refractivity contribution in [3.8, 4) is 0 Å². The minimum atomic E-state index is -0.475. The Kier molecular flexibility index (Phi) is 2.63. The van der Waals surface area contributed by atoms with Crippen LogP contribution in [0.25, 0.3) is 0 Å². The number of aliphatic imine (C=N–C) groups is 1. The Bertz CT molecular complexity index is 570. The number of carbonyl (C=O) groups excluding carboxylic acids is 2. The van der Waals surface area contributed by atoms with Crippen LogP contribution in [-0.2, 0) is 4.74 Å². The normalized spacial score (nSPS) is 14.1. The molecular weight excluding hydrogens is 218 g/mol. The summed E-state index contributed by atoms with van der Waals surface area (Å²) in [6.45, 7) is 5.41. The zero-order chi connectivity index (χ0) is 12.6. The Labute approximate surface area is 98.6 Å². The fourth-order valence-corrected chi connectivity index (χ4v) is 1.64. The summed E-state index contributed by atoms with van der Waals surface area (Å²) in [6, 6.07) is 4.71. The van der Waals surface area contributed by atoms with Crippen molar-refractivity contribution in [2.75, 3.05) is 7.11 Å². The van der Waals surface area contributed by atoms with E-state index in [0.717, 1.165) is 0 Å². The van der Waals surface area contributed by atoms with Crippen LogP contribution in [0.5, 0.6) is 0 Å². The van der Waals surface area contributed by atoms with Gasteiger partial charge in [0, 0.05) is 16.8 Å². The van der Waals surface area contributed by atoms with Crippen LogP contribution in [0, 0.1) is 0 Å². The molecule has 4 heteroatoms. The molecule has 0 N–H and O–H groups in total. The first-order chi connectivity index (χ1) is 8.04. The van der Waals surface area contributed by atoms with Crippen molar-refractivity contribution in [2.24, 2.45) is 4.99 Å². The number of fused-ring (bicyclic) bond motifs is 1. The molecule has 4 nitrogen and oxygen atoms in total. The predicted molar refractivity (Wildman–Crippen MR) is 64.0 cm³/mol. The monoisotopic (exact) mass is 229 g/mol. The van der Waals surface area contributed by atoms with Crippen LogP contribution in [-0.4, -0.2) is 24.6 Å². The van der Waals surface area contributed by atoms with Crippen LogP contribution in [0.4, 0.5) is 5.69 Å². The van der Waals surface area contributed by atoms with Crippen molar-refractivity contribution in [3.05, 3.63) is 41.5 Å². The second-order valence-electron chi connectivity index (χ2n) is 3.73. The van der Waals surface area contributed by atoms with E-state index in [4.69, 9.17) is 0 Å². The van der Waals surface area contributed by atoms with Crippen molar-refractivity contribution in [1.29, 1.82) is 0 Å². The molecule has 0 aliphatic carbocycles. The first-order valence-electron chi connectivity index (χ1n) is 5.06. The smallest absolute Gasteiger partial charge is 0.337 e. The summed E-state index contributed by atoms with van der Waals surface area (Å²) >= 11 is 0. The Hall–Kier alpha value is -2.23. The molecule has 0 saturated heterocycles. The Morgan fingerprint density at radius 1 is 1.41 bits per heavy atom. The van der Waals surface area contributed by atoms with Crippen LogP contribution in [0.15, 0.2) is 35.3 Å². The number of ketones is 1. The van der Waals surface area contributed by atoms with Crippen molar-refractivity contribution in [2.45, 2.75) is 6.92 Å². The van der Waals surface area contributed by atoms with Gasteiger partial charge in [-0.15, -0.1) is 0 Å². The number of Topliss-reactive ketones (excluding diaryl/α,β-unsaturated/α-hetero) is 1. The van der Waals surface area contributed by atoms with E-state index in [1.54, 1.807) is 19.1 Å². The first-order valence-corrected chi connectivity index (χ1v) is 5.06. The number of carbonyl (C=O) groups is 2. The highest BCUT2D eigenvalue weighted by atomic mass is 16.5. The number of nitrogens with zero attached hydrogens (tertiary/aromatic N) is 1. The summed E-state index contributed by atoms with van der Waals surface area (Å²) in [7, 11) is 1.30. The molecule has 86 valence electrons. The lowest BCUT2D eigenvalue weighted by atomic mass is 9.95. The van der Waals surface area contributed by atoms with Crippen LogP contribution in [0.2, 0.25) is 0 Å². The summed E-state index contributed by atoms with van der Waals surface area (Å²) in [5, 5.41) is 0. The van der Waals surface area contributed by atoms with Gasteiger partial charge in [0.05, 0.1) is 18.4 Å². The molecular formula is C13H11NO3. The molecule has 2 rings (SSSR count). The number of methoxy groups -OCH3 is 1. The lowest BCUT2D eigenvalue weighted by molar-refractivity contribution is 0.0601. The van der Waals surface area contributed by atoms with Gasteiger partial charge < -0.3 is 4.74 Å². The zero-order valence-corrected chi connectivity index (χ0v) is 9.61. The van der Waals surface area contributed by atoms with E-state index in [-0.39, 0.29) is 5.78 Å². The lowest BCUT2D eigenvalue weighted by Gasteiger charge is -2.14. The maximum atomic E-state index is 12.0. The van der Waals surface area contributed by atoms with E-state index in [1.165, 1.54) is 13.2 Å². The fraction of sp³-hybridized carbons (Fsp3) is 0.154. The summed E-state index contributed by atoms with van der Waals surface area (Å²) in [6.07, 6.45) is 0. The topological polar surface area (TPSA) is 55.7 Å². The highest BCUT2D eigenvalue weighted by molar-refractivity contribution is 6.31. The number of allylic oxidation sites excluding steroid dienone is 1. The summed E-state index contributed by atoms with van der Waals surface area (Å²) in [5.41, 5.74) is 2.26. The van der Waals surface area contributed by atoms with Crippen molar-refractivity contribution in [1.82, 2.24) is 0 Å². The Morgan fingerprint density at radius 3 is 2.76 bits per heavy atom. The van der Waals surface area contributed by atoms with Gasteiger partial charge >= 0.3 is 5.97 Å². The quantitative estimate of drug-likeness (QED) is 0.548. The van der Waals surface area contributed by atoms with Crippen molar-refractivity contribution in [3.63, 3.8) is 0 Å². The van der Waals surface area contributed by atoms with Gasteiger partial charge in [-0.2, -0.15) is 0 Å². The standard InChI is InChI=1S/C13H11NO3/c1-7-8(2)14-11-5-4-9(13(16)17-3)6-10(11)12(7)15/h4-6H,1H2,2-3H3. The van der Waals surface area contributed by atoms with Gasteiger partial charge in [-0.25, -0.2) is 4.79 Å². The second-order valence-corrected chi connectivity index (χ2v) is 3.73. The Morgan fingerprint density at radius 2 is 2.12 bits per heavy atom. The van der Waals surface area contributed by atoms with E-state index in [2.05, 4.69) is 16.3 Å². The van der Waals surface area contributed by atoms with Gasteiger partial charge in [0.15, 0.2) is 5.78 Å². The maximum Gasteiger partial charge on any atom is 0.337 e. The number of esters is 1. The number of hydrogen-bond donors (Lipinski definition) is 0. The molecule has 1 aliphatic heterocycles. The summed E-state index contributed by atoms with van der Waals surface area (Å²) < 4.78 is 4.60. The molecule has 1 aromatic carbocycles. The van der Waals surface area contributed by atoms with Gasteiger partial charge in [0.25, 0.3) is 0 Å². The SMILES string of the molecule is C=C1C(=O)c2cc(C(=O)OC)ccc2N=C1C. The average molecular weight is 229 g/mol. The molecule has 1 aliphatic rings. The highest BCUT2D eigenvalue weighted by Crippen LogP contribution is 2.28. The molecule has 1 aromatic rings. The van der Waals surface area contributed by atoms with Gasteiger partial charge in [0.1, 0.15) is 0 Å². The molecule has 17 heavy (non-hydrogen) atoms. The summed E-state index contributed by atoms with van der Waals surface area (Å²) in [5.74, 6) is -0.671. The van der Waals surface area contributed by atoms with E-state index < -0.39 is 5.97 Å². The number of rotatable bonds is 1.